The summed E-state index contributed by atoms with van der Waals surface area (Å²) in [6.45, 7) is 4.76. The van der Waals surface area contributed by atoms with Crippen LogP contribution < -0.4 is 10.2 Å². The van der Waals surface area contributed by atoms with Gasteiger partial charge in [0, 0.05) is 39.1 Å². The number of nitrogens with one attached hydrogen (secondary N) is 1. The minimum Gasteiger partial charge on any atom is -0.464 e. The summed E-state index contributed by atoms with van der Waals surface area (Å²) < 4.78 is 9.83. The van der Waals surface area contributed by atoms with Gasteiger partial charge >= 0.3 is 5.97 Å². The van der Waals surface area contributed by atoms with Gasteiger partial charge in [-0.05, 0) is 19.1 Å². The van der Waals surface area contributed by atoms with Crippen LogP contribution in [-0.2, 0) is 23.9 Å². The lowest BCUT2D eigenvalue weighted by molar-refractivity contribution is -0.144. The van der Waals surface area contributed by atoms with Crippen molar-refractivity contribution in [1.29, 1.82) is 0 Å². The Morgan fingerprint density at radius 3 is 2.57 bits per heavy atom. The zero-order valence-corrected chi connectivity index (χ0v) is 16.5. The van der Waals surface area contributed by atoms with E-state index in [-0.39, 0.29) is 25.5 Å². The van der Waals surface area contributed by atoms with E-state index in [1.807, 2.05) is 24.3 Å². The van der Waals surface area contributed by atoms with Crippen LogP contribution in [0.3, 0.4) is 0 Å². The predicted octanol–water partition coefficient (Wildman–Crippen LogP) is 0.825. The van der Waals surface area contributed by atoms with Crippen molar-refractivity contribution in [2.45, 2.75) is 25.6 Å². The van der Waals surface area contributed by atoms with Gasteiger partial charge in [-0.15, -0.1) is 0 Å². The summed E-state index contributed by atoms with van der Waals surface area (Å²) >= 11 is 6.23. The van der Waals surface area contributed by atoms with Gasteiger partial charge in [0.05, 0.1) is 17.3 Å². The van der Waals surface area contributed by atoms with E-state index in [2.05, 4.69) is 10.2 Å². The highest BCUT2D eigenvalue weighted by molar-refractivity contribution is 6.33. The van der Waals surface area contributed by atoms with Crippen molar-refractivity contribution >= 4 is 35.1 Å². The van der Waals surface area contributed by atoms with Crippen LogP contribution in [0.25, 0.3) is 0 Å². The number of carbonyl (C=O) groups excluding carboxylic acids is 3. The van der Waals surface area contributed by atoms with Gasteiger partial charge < -0.3 is 24.6 Å². The van der Waals surface area contributed by atoms with Crippen molar-refractivity contribution in [3.8, 4) is 0 Å². The zero-order chi connectivity index (χ0) is 20.1. The summed E-state index contributed by atoms with van der Waals surface area (Å²) in [5.41, 5.74) is 0.976. The molecule has 0 aromatic heterocycles. The first-order valence-corrected chi connectivity index (χ1v) is 9.76. The molecule has 1 aromatic rings. The lowest BCUT2D eigenvalue weighted by Gasteiger charge is -2.36. The van der Waals surface area contributed by atoms with Crippen LogP contribution in [0.2, 0.25) is 5.02 Å². The Balaban J connectivity index is 1.36. The van der Waals surface area contributed by atoms with Gasteiger partial charge in [-0.3, -0.25) is 9.59 Å². The topological polar surface area (TPSA) is 91.5 Å². The van der Waals surface area contributed by atoms with Gasteiger partial charge in [0.15, 0.2) is 12.2 Å². The molecule has 0 aliphatic carbocycles. The molecule has 8 nitrogen and oxygen atoms in total. The van der Waals surface area contributed by atoms with E-state index in [9.17, 15) is 14.4 Å². The van der Waals surface area contributed by atoms with E-state index in [4.69, 9.17) is 21.1 Å². The SMILES string of the molecule is CCOC(=O)C1OC1C(=O)NCCC(=O)N1CCN(c2ccccc2Cl)CC1. The number of halogens is 1. The molecule has 3 rings (SSSR count). The average Bonchev–Trinajstić information content (AvgIpc) is 3.50. The molecule has 0 bridgehead atoms. The van der Waals surface area contributed by atoms with Gasteiger partial charge in [0.1, 0.15) is 0 Å². The van der Waals surface area contributed by atoms with Gasteiger partial charge in [-0.1, -0.05) is 23.7 Å². The van der Waals surface area contributed by atoms with Gasteiger partial charge in [0.2, 0.25) is 5.91 Å². The molecule has 2 atom stereocenters. The number of para-hydroxylation sites is 1. The van der Waals surface area contributed by atoms with Crippen molar-refractivity contribution in [3.05, 3.63) is 29.3 Å². The minimum absolute atomic E-state index is 0.0160. The molecule has 2 aliphatic rings. The van der Waals surface area contributed by atoms with E-state index in [0.29, 0.717) is 31.2 Å². The Kier molecular flexibility index (Phi) is 6.74. The van der Waals surface area contributed by atoms with Crippen LogP contribution in [0.15, 0.2) is 24.3 Å². The number of piperazine rings is 1. The van der Waals surface area contributed by atoms with Crippen LogP contribution in [0.1, 0.15) is 13.3 Å². The summed E-state index contributed by atoms with van der Waals surface area (Å²) in [4.78, 5) is 39.7. The standard InChI is InChI=1S/C19H24ClN3O5/c1-2-27-19(26)17-16(28-17)18(25)21-8-7-15(24)23-11-9-22(10-12-23)14-6-4-3-5-13(14)20/h3-6,16-17H,2,7-12H2,1H3,(H,21,25). The normalized spacial score (nSPS) is 21.2. The second-order valence-electron chi connectivity index (χ2n) is 6.59. The molecule has 1 aromatic carbocycles. The maximum absolute atomic E-state index is 12.4. The van der Waals surface area contributed by atoms with Crippen LogP contribution >= 0.6 is 11.6 Å². The molecule has 0 radical (unpaired) electrons. The number of hydrogen-bond donors (Lipinski definition) is 1. The van der Waals surface area contributed by atoms with Gasteiger partial charge in [-0.25, -0.2) is 4.79 Å². The van der Waals surface area contributed by atoms with Crippen molar-refractivity contribution in [1.82, 2.24) is 10.2 Å². The molecular weight excluding hydrogens is 386 g/mol. The number of ether oxygens (including phenoxy) is 2. The highest BCUT2D eigenvalue weighted by Gasteiger charge is 2.51. The number of amides is 2. The second-order valence-corrected chi connectivity index (χ2v) is 7.00. The molecule has 2 saturated heterocycles. The van der Waals surface area contributed by atoms with Gasteiger partial charge in [0.25, 0.3) is 5.91 Å². The Morgan fingerprint density at radius 1 is 1.18 bits per heavy atom. The van der Waals surface area contributed by atoms with E-state index in [1.165, 1.54) is 0 Å². The maximum Gasteiger partial charge on any atom is 0.338 e. The van der Waals surface area contributed by atoms with E-state index < -0.39 is 24.1 Å². The van der Waals surface area contributed by atoms with E-state index in [1.54, 1.807) is 11.8 Å². The van der Waals surface area contributed by atoms with Crippen molar-refractivity contribution in [2.24, 2.45) is 0 Å². The highest BCUT2D eigenvalue weighted by atomic mass is 35.5. The average molecular weight is 410 g/mol. The molecule has 1 N–H and O–H groups in total. The summed E-state index contributed by atoms with van der Waals surface area (Å²) in [6.07, 6.45) is -1.43. The van der Waals surface area contributed by atoms with Crippen molar-refractivity contribution in [2.75, 3.05) is 44.2 Å². The first-order chi connectivity index (χ1) is 13.5. The smallest absolute Gasteiger partial charge is 0.338 e. The minimum atomic E-state index is -0.825. The molecule has 2 amide bonds. The van der Waals surface area contributed by atoms with Crippen LogP contribution in [0.5, 0.6) is 0 Å². The fourth-order valence-electron chi connectivity index (χ4n) is 3.17. The summed E-state index contributed by atoms with van der Waals surface area (Å²) in [5, 5.41) is 3.34. The number of carbonyl (C=O) groups is 3. The number of benzene rings is 1. The Labute approximate surface area is 168 Å². The number of rotatable bonds is 7. The van der Waals surface area contributed by atoms with Crippen molar-refractivity contribution in [3.63, 3.8) is 0 Å². The van der Waals surface area contributed by atoms with Crippen LogP contribution in [-0.4, -0.2) is 74.2 Å². The summed E-state index contributed by atoms with van der Waals surface area (Å²) in [7, 11) is 0. The lowest BCUT2D eigenvalue weighted by atomic mass is 10.2. The molecule has 2 unspecified atom stereocenters. The molecule has 9 heteroatoms. The molecular formula is C19H24ClN3O5. The first kappa shape index (κ1) is 20.4. The fraction of sp³-hybridized carbons (Fsp3) is 0.526. The summed E-state index contributed by atoms with van der Waals surface area (Å²) in [5.74, 6) is -0.942. The number of esters is 1. The van der Waals surface area contributed by atoms with Crippen LogP contribution in [0, 0.1) is 0 Å². The molecule has 2 fully saturated rings. The number of epoxide rings is 1. The molecule has 2 aliphatic heterocycles. The molecule has 2 heterocycles. The molecule has 28 heavy (non-hydrogen) atoms. The van der Waals surface area contributed by atoms with E-state index in [0.717, 1.165) is 5.69 Å². The predicted molar refractivity (Wildman–Crippen MR) is 103 cm³/mol. The Bertz CT molecular complexity index is 736. The fourth-order valence-corrected chi connectivity index (χ4v) is 3.43. The first-order valence-electron chi connectivity index (χ1n) is 9.38. The highest BCUT2D eigenvalue weighted by Crippen LogP contribution is 2.26. The third kappa shape index (κ3) is 4.94. The quantitative estimate of drug-likeness (QED) is 0.529. The molecule has 152 valence electrons. The largest absolute Gasteiger partial charge is 0.464 e. The Morgan fingerprint density at radius 2 is 1.89 bits per heavy atom. The number of hydrogen-bond acceptors (Lipinski definition) is 6. The number of nitrogens with zero attached hydrogens (tertiary/aromatic N) is 2. The zero-order valence-electron chi connectivity index (χ0n) is 15.7. The third-order valence-electron chi connectivity index (χ3n) is 4.73. The van der Waals surface area contributed by atoms with Crippen molar-refractivity contribution < 1.29 is 23.9 Å². The maximum atomic E-state index is 12.4. The van der Waals surface area contributed by atoms with Crippen LogP contribution in [0.4, 0.5) is 5.69 Å². The van der Waals surface area contributed by atoms with E-state index >= 15 is 0 Å². The Hall–Kier alpha value is -2.32. The van der Waals surface area contributed by atoms with Gasteiger partial charge in [-0.2, -0.15) is 0 Å². The molecule has 0 spiro atoms. The number of anilines is 1. The second kappa shape index (κ2) is 9.25. The molecule has 0 saturated carbocycles. The lowest BCUT2D eigenvalue weighted by Crippen LogP contribution is -2.49. The third-order valence-corrected chi connectivity index (χ3v) is 5.05. The summed E-state index contributed by atoms with van der Waals surface area (Å²) in [6, 6.07) is 7.66. The monoisotopic (exact) mass is 409 g/mol.